The van der Waals surface area contributed by atoms with E-state index in [1.165, 1.54) is 17.2 Å². The topological polar surface area (TPSA) is 9.23 Å². The van der Waals surface area contributed by atoms with Crippen LogP contribution in [0.15, 0.2) is 48.5 Å². The van der Waals surface area contributed by atoms with E-state index < -0.39 is 0 Å². The minimum Gasteiger partial charge on any atom is -0.489 e. The molecule has 3 aromatic carbocycles. The van der Waals surface area contributed by atoms with Crippen LogP contribution in [0.1, 0.15) is 35.1 Å². The fourth-order valence-corrected chi connectivity index (χ4v) is 5.48. The van der Waals surface area contributed by atoms with Gasteiger partial charge in [0, 0.05) is 21.2 Å². The van der Waals surface area contributed by atoms with Crippen LogP contribution in [0.3, 0.4) is 0 Å². The van der Waals surface area contributed by atoms with E-state index in [1.54, 1.807) is 24.3 Å². The lowest BCUT2D eigenvalue weighted by Crippen LogP contribution is -2.04. The zero-order chi connectivity index (χ0) is 20.3. The van der Waals surface area contributed by atoms with Crippen LogP contribution in [0.25, 0.3) is 11.1 Å². The Morgan fingerprint density at radius 3 is 2.59 bits per heavy atom. The van der Waals surface area contributed by atoms with E-state index >= 15 is 0 Å². The molecule has 0 heterocycles. The number of hydrogen-bond donors (Lipinski definition) is 0. The molecule has 0 N–H and O–H groups in total. The Bertz CT molecular complexity index is 1100. The monoisotopic (exact) mass is 426 g/mol. The summed E-state index contributed by atoms with van der Waals surface area (Å²) in [6.07, 6.45) is 1.13. The van der Waals surface area contributed by atoms with Gasteiger partial charge < -0.3 is 4.74 Å². The number of hydrogen-bond acceptors (Lipinski definition) is 1. The van der Waals surface area contributed by atoms with Gasteiger partial charge in [0.2, 0.25) is 0 Å². The Hall–Kier alpha value is -2.03. The Morgan fingerprint density at radius 2 is 1.83 bits per heavy atom. The number of ether oxygens (including phenoxy) is 1. The standard InChI is InChI=1S/C25H21Cl2FO/c1-13-17(25-21(26)4-3-5-22(25)27)8-9-23(28)20(13)12-29-16-6-7-18-15(10-16)11-19-14(2)24(18)19/h3-10,14,19,24H,11-12H2,1-2H3. The van der Waals surface area contributed by atoms with Crippen LogP contribution in [0.2, 0.25) is 10.0 Å². The molecular weight excluding hydrogens is 406 g/mol. The molecule has 0 saturated heterocycles. The van der Waals surface area contributed by atoms with Crippen LogP contribution < -0.4 is 4.74 Å². The predicted octanol–water partition coefficient (Wildman–Crippen LogP) is 7.59. The summed E-state index contributed by atoms with van der Waals surface area (Å²) in [6, 6.07) is 14.9. The van der Waals surface area contributed by atoms with Gasteiger partial charge in [-0.2, -0.15) is 0 Å². The van der Waals surface area contributed by atoms with Gasteiger partial charge in [0.1, 0.15) is 18.2 Å². The summed E-state index contributed by atoms with van der Waals surface area (Å²) in [5.41, 5.74) is 5.70. The summed E-state index contributed by atoms with van der Waals surface area (Å²) in [5.74, 6) is 2.85. The average molecular weight is 427 g/mol. The van der Waals surface area contributed by atoms with Crippen LogP contribution in [0.4, 0.5) is 4.39 Å². The van der Waals surface area contributed by atoms with E-state index in [4.69, 9.17) is 27.9 Å². The summed E-state index contributed by atoms with van der Waals surface area (Å²) < 4.78 is 20.6. The molecule has 2 aliphatic rings. The fraction of sp³-hybridized carbons (Fsp3) is 0.280. The molecule has 4 heteroatoms. The number of fused-ring (bicyclic) bond motifs is 3. The van der Waals surface area contributed by atoms with E-state index in [0.29, 0.717) is 15.6 Å². The van der Waals surface area contributed by atoms with E-state index in [2.05, 4.69) is 19.1 Å². The third-order valence-electron chi connectivity index (χ3n) is 6.65. The molecule has 148 valence electrons. The first-order chi connectivity index (χ1) is 14.0. The molecule has 3 aromatic rings. The van der Waals surface area contributed by atoms with Gasteiger partial charge >= 0.3 is 0 Å². The molecule has 0 radical (unpaired) electrons. The lowest BCUT2D eigenvalue weighted by Gasteiger charge is -2.16. The average Bonchev–Trinajstić information content (AvgIpc) is 3.15. The Morgan fingerprint density at radius 1 is 1.07 bits per heavy atom. The highest BCUT2D eigenvalue weighted by molar-refractivity contribution is 6.39. The SMILES string of the molecule is Cc1c(-c2c(Cl)cccc2Cl)ccc(F)c1COc1ccc2c(c1)CC1C(C)C21. The largest absolute Gasteiger partial charge is 0.489 e. The Labute approximate surface area is 180 Å². The summed E-state index contributed by atoms with van der Waals surface area (Å²) in [4.78, 5) is 0. The fourth-order valence-electron chi connectivity index (χ4n) is 4.88. The van der Waals surface area contributed by atoms with Gasteiger partial charge in [0.15, 0.2) is 0 Å². The lowest BCUT2D eigenvalue weighted by atomic mass is 9.96. The molecule has 29 heavy (non-hydrogen) atoms. The zero-order valence-corrected chi connectivity index (χ0v) is 17.8. The Balaban J connectivity index is 1.42. The van der Waals surface area contributed by atoms with Crippen molar-refractivity contribution in [3.63, 3.8) is 0 Å². The first-order valence-electron chi connectivity index (χ1n) is 9.93. The normalized spacial score (nSPS) is 21.6. The summed E-state index contributed by atoms with van der Waals surface area (Å²) in [6.45, 7) is 4.37. The molecule has 0 amide bonds. The van der Waals surface area contributed by atoms with Gasteiger partial charge in [-0.15, -0.1) is 0 Å². The molecule has 2 aliphatic carbocycles. The number of benzene rings is 3. The molecule has 0 aromatic heterocycles. The van der Waals surface area contributed by atoms with Crippen molar-refractivity contribution >= 4 is 23.2 Å². The second-order valence-corrected chi connectivity index (χ2v) is 9.01. The van der Waals surface area contributed by atoms with Gasteiger partial charge in [-0.25, -0.2) is 4.39 Å². The molecule has 3 atom stereocenters. The van der Waals surface area contributed by atoms with Crippen molar-refractivity contribution in [3.05, 3.63) is 86.6 Å². The maximum absolute atomic E-state index is 14.6. The van der Waals surface area contributed by atoms with Gasteiger partial charge in [-0.1, -0.05) is 48.3 Å². The predicted molar refractivity (Wildman–Crippen MR) is 116 cm³/mol. The van der Waals surface area contributed by atoms with Crippen LogP contribution in [-0.2, 0) is 13.0 Å². The van der Waals surface area contributed by atoms with Crippen LogP contribution in [0.5, 0.6) is 5.75 Å². The zero-order valence-electron chi connectivity index (χ0n) is 16.3. The van der Waals surface area contributed by atoms with Crippen molar-refractivity contribution in [3.8, 4) is 16.9 Å². The first kappa shape index (κ1) is 19.0. The Kier molecular flexibility index (Phi) is 4.60. The van der Waals surface area contributed by atoms with E-state index in [1.807, 2.05) is 13.0 Å². The smallest absolute Gasteiger partial charge is 0.130 e. The summed E-state index contributed by atoms with van der Waals surface area (Å²) in [5, 5.41) is 1.09. The third kappa shape index (κ3) is 3.14. The van der Waals surface area contributed by atoms with Crippen molar-refractivity contribution in [1.82, 2.24) is 0 Å². The molecule has 1 saturated carbocycles. The highest BCUT2D eigenvalue weighted by Gasteiger charge is 2.52. The quantitative estimate of drug-likeness (QED) is 0.417. The van der Waals surface area contributed by atoms with Crippen molar-refractivity contribution in [2.45, 2.75) is 32.8 Å². The van der Waals surface area contributed by atoms with Gasteiger partial charge in [-0.05, 0) is 83.7 Å². The molecule has 0 spiro atoms. The molecule has 0 bridgehead atoms. The van der Waals surface area contributed by atoms with Gasteiger partial charge in [0.25, 0.3) is 0 Å². The highest BCUT2D eigenvalue weighted by atomic mass is 35.5. The number of halogens is 3. The molecular formula is C25H21Cl2FO. The minimum atomic E-state index is -0.286. The summed E-state index contributed by atoms with van der Waals surface area (Å²) in [7, 11) is 0. The van der Waals surface area contributed by atoms with Crippen molar-refractivity contribution in [2.75, 3.05) is 0 Å². The summed E-state index contributed by atoms with van der Waals surface area (Å²) >= 11 is 12.7. The molecule has 1 fully saturated rings. The van der Waals surface area contributed by atoms with Gasteiger partial charge in [-0.3, -0.25) is 0 Å². The second-order valence-electron chi connectivity index (χ2n) is 8.20. The lowest BCUT2D eigenvalue weighted by molar-refractivity contribution is 0.298. The van der Waals surface area contributed by atoms with E-state index in [0.717, 1.165) is 46.6 Å². The van der Waals surface area contributed by atoms with E-state index in [-0.39, 0.29) is 12.4 Å². The van der Waals surface area contributed by atoms with Crippen LogP contribution in [0, 0.1) is 24.6 Å². The molecule has 3 unspecified atom stereocenters. The van der Waals surface area contributed by atoms with Crippen molar-refractivity contribution in [1.29, 1.82) is 0 Å². The second kappa shape index (κ2) is 7.04. The third-order valence-corrected chi connectivity index (χ3v) is 7.28. The van der Waals surface area contributed by atoms with Crippen molar-refractivity contribution < 1.29 is 9.13 Å². The van der Waals surface area contributed by atoms with Crippen LogP contribution in [-0.4, -0.2) is 0 Å². The van der Waals surface area contributed by atoms with Crippen LogP contribution >= 0.6 is 23.2 Å². The maximum Gasteiger partial charge on any atom is 0.130 e. The first-order valence-corrected chi connectivity index (χ1v) is 10.7. The minimum absolute atomic E-state index is 0.162. The highest BCUT2D eigenvalue weighted by Crippen LogP contribution is 2.61. The van der Waals surface area contributed by atoms with E-state index in [9.17, 15) is 4.39 Å². The molecule has 1 nitrogen and oxygen atoms in total. The molecule has 0 aliphatic heterocycles. The number of rotatable bonds is 4. The maximum atomic E-state index is 14.6. The molecule has 5 rings (SSSR count). The van der Waals surface area contributed by atoms with Gasteiger partial charge in [0.05, 0.1) is 0 Å². The van der Waals surface area contributed by atoms with Crippen molar-refractivity contribution in [2.24, 2.45) is 11.8 Å².